The normalized spacial score (nSPS) is 14.2. The molecule has 0 aliphatic heterocycles. The van der Waals surface area contributed by atoms with Gasteiger partial charge in [0.2, 0.25) is 5.91 Å². The molecule has 9 heteroatoms. The molecule has 0 unspecified atom stereocenters. The van der Waals surface area contributed by atoms with Gasteiger partial charge in [-0.2, -0.15) is 0 Å². The van der Waals surface area contributed by atoms with Gasteiger partial charge in [-0.25, -0.2) is 8.78 Å². The van der Waals surface area contributed by atoms with Gasteiger partial charge < -0.3 is 15.0 Å². The highest BCUT2D eigenvalue weighted by molar-refractivity contribution is 7.21. The molecule has 4 rings (SSSR count). The van der Waals surface area contributed by atoms with Crippen LogP contribution in [0.5, 0.6) is 5.75 Å². The number of hydrogen-bond acceptors (Lipinski definition) is 4. The van der Waals surface area contributed by atoms with Crippen molar-refractivity contribution in [3.05, 3.63) is 80.7 Å². The average Bonchev–Trinajstić information content (AvgIpc) is 3.43. The summed E-state index contributed by atoms with van der Waals surface area (Å²) in [7, 11) is 3.18. The number of ether oxygens (including phenoxy) is 1. The lowest BCUT2D eigenvalue weighted by Gasteiger charge is -2.34. The molecule has 1 aliphatic carbocycles. The van der Waals surface area contributed by atoms with Crippen molar-refractivity contribution in [2.45, 2.75) is 92.2 Å². The third-order valence-corrected chi connectivity index (χ3v) is 9.98. The van der Waals surface area contributed by atoms with Crippen molar-refractivity contribution in [3.8, 4) is 5.75 Å². The van der Waals surface area contributed by atoms with E-state index >= 15 is 0 Å². The van der Waals surface area contributed by atoms with E-state index in [4.69, 9.17) is 16.3 Å². The summed E-state index contributed by atoms with van der Waals surface area (Å²) in [5.74, 6) is -0.284. The molecule has 0 saturated heterocycles. The number of allylic oxidation sites excluding steroid dienone is 3. The van der Waals surface area contributed by atoms with Crippen LogP contribution in [0.4, 0.5) is 8.78 Å². The minimum absolute atomic E-state index is 0.0362. The molecule has 2 amide bonds. The Hall–Kier alpha value is -3.23. The Morgan fingerprint density at radius 2 is 1.76 bits per heavy atom. The topological polar surface area (TPSA) is 58.6 Å². The number of hydrogen-bond donors (Lipinski definition) is 1. The highest BCUT2D eigenvalue weighted by Gasteiger charge is 2.31. The van der Waals surface area contributed by atoms with Gasteiger partial charge in [0.15, 0.2) is 0 Å². The number of fused-ring (bicyclic) bond motifs is 1. The maximum atomic E-state index is 14.6. The zero-order chi connectivity index (χ0) is 34.0. The van der Waals surface area contributed by atoms with E-state index in [0.717, 1.165) is 84.6 Å². The third-order valence-electron chi connectivity index (χ3n) is 8.30. The number of nitrogens with one attached hydrogen (secondary N) is 1. The summed E-state index contributed by atoms with van der Waals surface area (Å²) in [6, 6.07) is 7.79. The largest absolute Gasteiger partial charge is 0.496 e. The number of nitrogens with zero attached hydrogens (tertiary/aromatic N) is 1. The molecule has 0 bridgehead atoms. The van der Waals surface area contributed by atoms with Crippen LogP contribution in [0.15, 0.2) is 48.1 Å². The second-order valence-corrected chi connectivity index (χ2v) is 13.4. The van der Waals surface area contributed by atoms with Crippen molar-refractivity contribution in [3.63, 3.8) is 0 Å². The number of likely N-dealkylation sites (N-methyl/N-ethyl adjacent to an activating group) is 1. The van der Waals surface area contributed by atoms with E-state index in [-0.39, 0.29) is 44.4 Å². The molecule has 5 nitrogen and oxygen atoms in total. The number of benzene rings is 2. The number of carbonyl (C=O) groups excluding carboxylic acids is 2. The summed E-state index contributed by atoms with van der Waals surface area (Å²) in [4.78, 5) is 28.2. The number of rotatable bonds is 10. The fourth-order valence-electron chi connectivity index (χ4n) is 5.37. The van der Waals surface area contributed by atoms with Crippen LogP contribution in [0.3, 0.4) is 0 Å². The number of thiophene rings is 1. The third kappa shape index (κ3) is 9.19. The standard InChI is InChI=1S/C32H35ClF2N2O3S.C5H12/c1-5-9-20(16-19(2)31(38)36-3)21-12-15-26(40-4)22(17-21)18-37(23-10-7-6-8-11-23)32(39)30-28(33)27-24(34)13-14-25(35)29(27)41-30;1-4-5(2)3/h9,12-17,23H,5-8,10-11,18H2,1-4H3,(H,36,38);5H,4H2,1-3H3/b19-16+,20-9+;. The predicted molar refractivity (Wildman–Crippen MR) is 188 cm³/mol. The van der Waals surface area contributed by atoms with Crippen LogP contribution in [-0.4, -0.2) is 36.9 Å². The quantitative estimate of drug-likeness (QED) is 0.172. The number of carbonyl (C=O) groups is 2. The van der Waals surface area contributed by atoms with Crippen LogP contribution in [0.25, 0.3) is 15.7 Å². The Labute approximate surface area is 281 Å². The van der Waals surface area contributed by atoms with Gasteiger partial charge in [-0.3, -0.25) is 9.59 Å². The van der Waals surface area contributed by atoms with Crippen LogP contribution < -0.4 is 10.1 Å². The molecular weight excluding hydrogens is 626 g/mol. The summed E-state index contributed by atoms with van der Waals surface area (Å²) >= 11 is 7.43. The van der Waals surface area contributed by atoms with Gasteiger partial charge in [0.05, 0.1) is 22.2 Å². The summed E-state index contributed by atoms with van der Waals surface area (Å²) in [5.41, 5.74) is 3.12. The Bertz CT molecular complexity index is 1570. The van der Waals surface area contributed by atoms with E-state index < -0.39 is 11.6 Å². The van der Waals surface area contributed by atoms with E-state index in [0.29, 0.717) is 11.3 Å². The lowest BCUT2D eigenvalue weighted by Crippen LogP contribution is -2.40. The van der Waals surface area contributed by atoms with E-state index in [1.807, 2.05) is 37.3 Å². The molecule has 1 aromatic heterocycles. The highest BCUT2D eigenvalue weighted by Crippen LogP contribution is 2.40. The van der Waals surface area contributed by atoms with Crippen LogP contribution >= 0.6 is 22.9 Å². The first-order chi connectivity index (χ1) is 22.0. The van der Waals surface area contributed by atoms with Gasteiger partial charge in [0.25, 0.3) is 5.91 Å². The number of amides is 2. The van der Waals surface area contributed by atoms with Gasteiger partial charge >= 0.3 is 0 Å². The monoisotopic (exact) mass is 672 g/mol. The van der Waals surface area contributed by atoms with E-state index in [1.165, 1.54) is 6.42 Å². The minimum atomic E-state index is -0.657. The van der Waals surface area contributed by atoms with Crippen molar-refractivity contribution in [1.82, 2.24) is 10.2 Å². The SMILES string of the molecule is CC/C=C(\C=C(/C)C(=O)NC)c1ccc(OC)c(CN(C(=O)c2sc3c(F)ccc(F)c3c2Cl)C2CCCCC2)c1.CCC(C)C. The fraction of sp³-hybridized carbons (Fsp3) is 0.459. The predicted octanol–water partition coefficient (Wildman–Crippen LogP) is 10.4. The Balaban J connectivity index is 0.00000107. The van der Waals surface area contributed by atoms with Gasteiger partial charge in [-0.1, -0.05) is 77.1 Å². The number of methoxy groups -OCH3 is 1. The van der Waals surface area contributed by atoms with E-state index in [2.05, 4.69) is 26.1 Å². The van der Waals surface area contributed by atoms with Crippen molar-refractivity contribution in [2.24, 2.45) is 5.92 Å². The minimum Gasteiger partial charge on any atom is -0.496 e. The van der Waals surface area contributed by atoms with Gasteiger partial charge in [-0.05, 0) is 73.6 Å². The molecule has 1 fully saturated rings. The second kappa shape index (κ2) is 17.6. The summed E-state index contributed by atoms with van der Waals surface area (Å²) in [5, 5.41) is 2.53. The zero-order valence-corrected chi connectivity index (χ0v) is 29.6. The zero-order valence-electron chi connectivity index (χ0n) is 28.1. The maximum Gasteiger partial charge on any atom is 0.266 e. The summed E-state index contributed by atoms with van der Waals surface area (Å²) in [6.07, 6.45) is 10.7. The molecule has 1 aliphatic rings. The van der Waals surface area contributed by atoms with Crippen molar-refractivity contribution in [2.75, 3.05) is 14.2 Å². The molecular formula is C37H47ClF2N2O3S. The maximum absolute atomic E-state index is 14.6. The average molecular weight is 673 g/mol. The lowest BCUT2D eigenvalue weighted by atomic mass is 9.93. The Kier molecular flexibility index (Phi) is 14.3. The molecule has 1 saturated carbocycles. The van der Waals surface area contributed by atoms with Crippen molar-refractivity contribution in [1.29, 1.82) is 0 Å². The molecule has 1 N–H and O–H groups in total. The molecule has 250 valence electrons. The van der Waals surface area contributed by atoms with Crippen molar-refractivity contribution < 1.29 is 23.1 Å². The summed E-state index contributed by atoms with van der Waals surface area (Å²) in [6.45, 7) is 10.7. The molecule has 3 aromatic rings. The van der Waals surface area contributed by atoms with E-state index in [1.54, 1.807) is 26.0 Å². The first-order valence-corrected chi connectivity index (χ1v) is 17.3. The molecule has 0 atom stereocenters. The van der Waals surface area contributed by atoms with E-state index in [9.17, 15) is 18.4 Å². The Morgan fingerprint density at radius 3 is 2.33 bits per heavy atom. The van der Waals surface area contributed by atoms with Crippen LogP contribution in [0.1, 0.15) is 100 Å². The summed E-state index contributed by atoms with van der Waals surface area (Å²) < 4.78 is 34.9. The van der Waals surface area contributed by atoms with Crippen LogP contribution in [0.2, 0.25) is 5.02 Å². The van der Waals surface area contributed by atoms with Gasteiger partial charge in [0, 0.05) is 30.8 Å². The molecule has 0 radical (unpaired) electrons. The second-order valence-electron chi connectivity index (χ2n) is 12.0. The highest BCUT2D eigenvalue weighted by atomic mass is 35.5. The fourth-order valence-corrected chi connectivity index (χ4v) is 6.87. The Morgan fingerprint density at radius 1 is 1.11 bits per heavy atom. The van der Waals surface area contributed by atoms with Gasteiger partial charge in [0.1, 0.15) is 22.3 Å². The molecule has 1 heterocycles. The van der Waals surface area contributed by atoms with Crippen LogP contribution in [0, 0.1) is 17.6 Å². The van der Waals surface area contributed by atoms with Crippen LogP contribution in [-0.2, 0) is 11.3 Å². The molecule has 46 heavy (non-hydrogen) atoms. The number of halogens is 3. The molecule has 0 spiro atoms. The first kappa shape index (κ1) is 37.2. The van der Waals surface area contributed by atoms with Gasteiger partial charge in [-0.15, -0.1) is 11.3 Å². The smallest absolute Gasteiger partial charge is 0.266 e. The van der Waals surface area contributed by atoms with Crippen molar-refractivity contribution >= 4 is 50.4 Å². The first-order valence-electron chi connectivity index (χ1n) is 16.1. The molecule has 2 aromatic carbocycles. The lowest BCUT2D eigenvalue weighted by molar-refractivity contribution is -0.116.